The number of likely N-dealkylation sites (N-methyl/N-ethyl adjacent to an activating group) is 1. The second kappa shape index (κ2) is 8.64. The van der Waals surface area contributed by atoms with Gasteiger partial charge in [-0.2, -0.15) is 5.10 Å². The molecule has 1 heterocycles. The van der Waals surface area contributed by atoms with Gasteiger partial charge in [0.25, 0.3) is 5.91 Å². The molecule has 8 heteroatoms. The fourth-order valence-electron chi connectivity index (χ4n) is 2.97. The molecular formula is C21H21FN4O3. The van der Waals surface area contributed by atoms with Crippen LogP contribution in [-0.2, 0) is 20.8 Å². The maximum Gasteiger partial charge on any atom is 0.269 e. The molecule has 1 unspecified atom stereocenters. The van der Waals surface area contributed by atoms with Crippen molar-refractivity contribution >= 4 is 23.9 Å². The van der Waals surface area contributed by atoms with E-state index in [1.165, 1.54) is 43.2 Å². The summed E-state index contributed by atoms with van der Waals surface area (Å²) in [5.74, 6) is -1.65. The van der Waals surface area contributed by atoms with Gasteiger partial charge in [0.05, 0.1) is 12.6 Å². The van der Waals surface area contributed by atoms with Gasteiger partial charge < -0.3 is 10.6 Å². The predicted molar refractivity (Wildman–Crippen MR) is 105 cm³/mol. The molecule has 2 atom stereocenters. The summed E-state index contributed by atoms with van der Waals surface area (Å²) in [5, 5.41) is 10.5. The first kappa shape index (κ1) is 20.2. The number of hydrazone groups is 1. The first-order chi connectivity index (χ1) is 13.8. The molecule has 29 heavy (non-hydrogen) atoms. The topological polar surface area (TPSA) is 90.9 Å². The van der Waals surface area contributed by atoms with E-state index in [4.69, 9.17) is 0 Å². The van der Waals surface area contributed by atoms with Crippen molar-refractivity contribution < 1.29 is 18.8 Å². The van der Waals surface area contributed by atoms with Gasteiger partial charge >= 0.3 is 0 Å². The Kier molecular flexibility index (Phi) is 6.01. The maximum absolute atomic E-state index is 13.0. The Morgan fingerprint density at radius 3 is 2.59 bits per heavy atom. The maximum atomic E-state index is 13.0. The molecule has 2 aromatic rings. The molecule has 0 saturated carbocycles. The molecule has 1 aliphatic heterocycles. The number of halogens is 1. The second-order valence-electron chi connectivity index (χ2n) is 6.77. The van der Waals surface area contributed by atoms with Crippen molar-refractivity contribution in [2.45, 2.75) is 25.4 Å². The number of nitrogens with zero attached hydrogens (tertiary/aromatic N) is 2. The van der Waals surface area contributed by atoms with Crippen molar-refractivity contribution in [3.63, 3.8) is 0 Å². The van der Waals surface area contributed by atoms with Crippen LogP contribution in [0.25, 0.3) is 0 Å². The van der Waals surface area contributed by atoms with E-state index in [1.807, 2.05) is 6.07 Å². The molecule has 0 spiro atoms. The summed E-state index contributed by atoms with van der Waals surface area (Å²) in [6.45, 7) is 1.53. The lowest BCUT2D eigenvalue weighted by Gasteiger charge is -2.22. The molecule has 0 fully saturated rings. The number of nitrogens with one attached hydrogen (secondary N) is 2. The fraction of sp³-hybridized carbons (Fsp3) is 0.238. The Hall–Kier alpha value is -3.55. The van der Waals surface area contributed by atoms with E-state index in [0.717, 1.165) is 5.56 Å². The van der Waals surface area contributed by atoms with Gasteiger partial charge in [-0.05, 0) is 30.2 Å². The Balaban J connectivity index is 1.66. The van der Waals surface area contributed by atoms with Gasteiger partial charge in [0.1, 0.15) is 17.9 Å². The zero-order valence-electron chi connectivity index (χ0n) is 16.1. The van der Waals surface area contributed by atoms with Crippen molar-refractivity contribution in [3.8, 4) is 0 Å². The molecule has 3 rings (SSSR count). The van der Waals surface area contributed by atoms with Crippen LogP contribution in [0, 0.1) is 5.82 Å². The van der Waals surface area contributed by atoms with Crippen LogP contribution in [0.3, 0.4) is 0 Å². The molecule has 0 aliphatic carbocycles. The Morgan fingerprint density at radius 1 is 1.17 bits per heavy atom. The van der Waals surface area contributed by atoms with Crippen molar-refractivity contribution in [1.82, 2.24) is 15.6 Å². The van der Waals surface area contributed by atoms with Crippen LogP contribution in [0.1, 0.15) is 29.7 Å². The number of amides is 3. The standard InChI is InChI=1S/C21H21FN4O3/c1-13(24-18(27)11-14-7-9-16(22)10-8-14)20(28)25-19-17-6-4-3-5-15(17)12-23-26(2)21(19)29/h3-10,12-13,19H,11H2,1-2H3,(H,24,27)(H,25,28)/t13-,19?/m0/s1. The zero-order chi connectivity index (χ0) is 21.0. The highest BCUT2D eigenvalue weighted by atomic mass is 19.1. The average molecular weight is 396 g/mol. The van der Waals surface area contributed by atoms with Gasteiger partial charge in [-0.1, -0.05) is 36.4 Å². The molecule has 1 aliphatic rings. The van der Waals surface area contributed by atoms with E-state index in [0.29, 0.717) is 11.1 Å². The lowest BCUT2D eigenvalue weighted by atomic mass is 10.00. The summed E-state index contributed by atoms with van der Waals surface area (Å²) in [7, 11) is 1.51. The quantitative estimate of drug-likeness (QED) is 0.803. The van der Waals surface area contributed by atoms with Crippen molar-refractivity contribution in [1.29, 1.82) is 0 Å². The lowest BCUT2D eigenvalue weighted by Crippen LogP contribution is -2.48. The highest BCUT2D eigenvalue weighted by Crippen LogP contribution is 2.22. The van der Waals surface area contributed by atoms with Crippen LogP contribution in [0.4, 0.5) is 4.39 Å². The molecule has 0 saturated heterocycles. The van der Waals surface area contributed by atoms with Crippen molar-refractivity contribution in [2.75, 3.05) is 7.05 Å². The third-order valence-electron chi connectivity index (χ3n) is 4.58. The first-order valence-electron chi connectivity index (χ1n) is 9.10. The Labute approximate surface area is 167 Å². The van der Waals surface area contributed by atoms with Gasteiger partial charge in [-0.15, -0.1) is 0 Å². The summed E-state index contributed by atoms with van der Waals surface area (Å²) in [4.78, 5) is 37.5. The van der Waals surface area contributed by atoms with Gasteiger partial charge in [0.2, 0.25) is 11.8 Å². The highest BCUT2D eigenvalue weighted by Gasteiger charge is 2.30. The van der Waals surface area contributed by atoms with Crippen LogP contribution in [0.5, 0.6) is 0 Å². The number of rotatable bonds is 5. The lowest BCUT2D eigenvalue weighted by molar-refractivity contribution is -0.136. The third kappa shape index (κ3) is 4.84. The summed E-state index contributed by atoms with van der Waals surface area (Å²) in [5.41, 5.74) is 1.98. The number of carbonyl (C=O) groups is 3. The van der Waals surface area contributed by atoms with Gasteiger partial charge in [-0.25, -0.2) is 9.40 Å². The molecular weight excluding hydrogens is 375 g/mol. The molecule has 0 aromatic heterocycles. The molecule has 7 nitrogen and oxygen atoms in total. The summed E-state index contributed by atoms with van der Waals surface area (Å²) in [6.07, 6.45) is 1.58. The third-order valence-corrected chi connectivity index (χ3v) is 4.58. The Bertz CT molecular complexity index is 959. The van der Waals surface area contributed by atoms with Crippen molar-refractivity contribution in [2.24, 2.45) is 5.10 Å². The van der Waals surface area contributed by atoms with Crippen LogP contribution in [-0.4, -0.2) is 42.0 Å². The van der Waals surface area contributed by atoms with Crippen molar-refractivity contribution in [3.05, 3.63) is 71.0 Å². The molecule has 0 bridgehead atoms. The van der Waals surface area contributed by atoms with Gasteiger partial charge in [0, 0.05) is 12.6 Å². The largest absolute Gasteiger partial charge is 0.344 e. The molecule has 150 valence electrons. The van der Waals surface area contributed by atoms with Gasteiger partial charge in [0.15, 0.2) is 0 Å². The van der Waals surface area contributed by atoms with E-state index in [-0.39, 0.29) is 24.1 Å². The minimum atomic E-state index is -0.914. The SMILES string of the molecule is C[C@H](NC(=O)Cc1ccc(F)cc1)C(=O)NC1C(=O)N(C)N=Cc2ccccc21. The van der Waals surface area contributed by atoms with Crippen LogP contribution < -0.4 is 10.6 Å². The van der Waals surface area contributed by atoms with Gasteiger partial charge in [-0.3, -0.25) is 14.4 Å². The highest BCUT2D eigenvalue weighted by molar-refractivity contribution is 5.96. The second-order valence-corrected chi connectivity index (χ2v) is 6.77. The summed E-state index contributed by atoms with van der Waals surface area (Å²) >= 11 is 0. The first-order valence-corrected chi connectivity index (χ1v) is 9.10. The number of fused-ring (bicyclic) bond motifs is 1. The van der Waals surface area contributed by atoms with Crippen LogP contribution in [0.2, 0.25) is 0 Å². The van der Waals surface area contributed by atoms with E-state index in [9.17, 15) is 18.8 Å². The number of hydrogen-bond acceptors (Lipinski definition) is 4. The van der Waals surface area contributed by atoms with E-state index in [2.05, 4.69) is 15.7 Å². The van der Waals surface area contributed by atoms with E-state index < -0.39 is 18.0 Å². The van der Waals surface area contributed by atoms with Crippen LogP contribution in [0.15, 0.2) is 53.6 Å². The minimum absolute atomic E-state index is 0.0136. The summed E-state index contributed by atoms with van der Waals surface area (Å²) in [6, 6.07) is 10.9. The normalized spacial score (nSPS) is 16.6. The zero-order valence-corrected chi connectivity index (χ0v) is 16.1. The fourth-order valence-corrected chi connectivity index (χ4v) is 2.97. The Morgan fingerprint density at radius 2 is 1.86 bits per heavy atom. The number of hydrogen-bond donors (Lipinski definition) is 2. The van der Waals surface area contributed by atoms with Crippen LogP contribution >= 0.6 is 0 Å². The molecule has 2 N–H and O–H groups in total. The number of benzene rings is 2. The molecule has 2 aromatic carbocycles. The average Bonchev–Trinajstić information content (AvgIpc) is 2.82. The number of carbonyl (C=O) groups excluding carboxylic acids is 3. The van der Waals surface area contributed by atoms with E-state index in [1.54, 1.807) is 24.4 Å². The van der Waals surface area contributed by atoms with E-state index >= 15 is 0 Å². The molecule has 0 radical (unpaired) electrons. The smallest absolute Gasteiger partial charge is 0.269 e. The molecule has 3 amide bonds. The monoisotopic (exact) mass is 396 g/mol. The predicted octanol–water partition coefficient (Wildman–Crippen LogP) is 1.54. The summed E-state index contributed by atoms with van der Waals surface area (Å²) < 4.78 is 13.0. The minimum Gasteiger partial charge on any atom is -0.344 e.